The largest absolute Gasteiger partial charge is 0.464 e. The van der Waals surface area contributed by atoms with Crippen molar-refractivity contribution in [3.05, 3.63) is 66.9 Å². The molecule has 2 aromatic carbocycles. The van der Waals surface area contributed by atoms with Gasteiger partial charge in [-0.25, -0.2) is 5.09 Å². The van der Waals surface area contributed by atoms with Crippen LogP contribution in [-0.2, 0) is 35.4 Å². The highest BCUT2D eigenvalue weighted by Gasteiger charge is 2.55. The molecule has 12 heteroatoms. The molecule has 0 radical (unpaired) electrons. The monoisotopic (exact) mass is 618 g/mol. The van der Waals surface area contributed by atoms with Crippen molar-refractivity contribution in [2.75, 3.05) is 13.2 Å². The molecule has 0 saturated carbocycles. The van der Waals surface area contributed by atoms with Gasteiger partial charge in [0.05, 0.1) is 19.6 Å². The minimum Gasteiger partial charge on any atom is -0.464 e. The van der Waals surface area contributed by atoms with Crippen LogP contribution in [-0.4, -0.2) is 70.3 Å². The maximum Gasteiger partial charge on any atom is 0.323 e. The van der Waals surface area contributed by atoms with Crippen LogP contribution < -0.4 is 9.61 Å². The van der Waals surface area contributed by atoms with Crippen molar-refractivity contribution < 1.29 is 38.3 Å². The molecule has 0 spiro atoms. The molecule has 0 aromatic heterocycles. The Morgan fingerprint density at radius 2 is 1.98 bits per heavy atom. The van der Waals surface area contributed by atoms with Gasteiger partial charge in [0.15, 0.2) is 6.23 Å². The molecule has 10 nitrogen and oxygen atoms in total. The second-order valence-corrected chi connectivity index (χ2v) is 15.2. The molecule has 4 rings (SSSR count). The van der Waals surface area contributed by atoms with Crippen LogP contribution in [0.15, 0.2) is 66.9 Å². The summed E-state index contributed by atoms with van der Waals surface area (Å²) in [4.78, 5) is 26.7. The Bertz CT molecular complexity index is 1420. The van der Waals surface area contributed by atoms with Crippen LogP contribution in [0.25, 0.3) is 10.8 Å². The van der Waals surface area contributed by atoms with E-state index in [1.54, 1.807) is 19.1 Å². The van der Waals surface area contributed by atoms with E-state index in [0.29, 0.717) is 11.3 Å². The molecule has 2 heterocycles. The molecule has 2 aliphatic rings. The summed E-state index contributed by atoms with van der Waals surface area (Å²) in [5.41, 5.74) is -1.42. The van der Waals surface area contributed by atoms with Gasteiger partial charge in [0.2, 0.25) is 5.91 Å². The van der Waals surface area contributed by atoms with Gasteiger partial charge in [-0.2, -0.15) is 0 Å². The van der Waals surface area contributed by atoms with Crippen LogP contribution >= 0.6 is 6.64 Å². The van der Waals surface area contributed by atoms with Gasteiger partial charge in [-0.3, -0.25) is 14.5 Å². The number of rotatable bonds is 10. The fourth-order valence-electron chi connectivity index (χ4n) is 4.57. The first-order chi connectivity index (χ1) is 19.6. The molecule has 0 bridgehead atoms. The van der Waals surface area contributed by atoms with Gasteiger partial charge >= 0.3 is 12.6 Å². The summed E-state index contributed by atoms with van der Waals surface area (Å²) in [5.74, 6) is -0.405. The third-order valence-electron chi connectivity index (χ3n) is 6.87. The zero-order valence-corrected chi connectivity index (χ0v) is 26.2. The van der Waals surface area contributed by atoms with Gasteiger partial charge in [-0.15, -0.1) is 0 Å². The van der Waals surface area contributed by atoms with Crippen LogP contribution in [0.4, 0.5) is 0 Å². The van der Waals surface area contributed by atoms with E-state index in [2.05, 4.69) is 11.7 Å². The number of ether oxygens (including phenoxy) is 2. The number of carbonyl (C=O) groups is 2. The van der Waals surface area contributed by atoms with E-state index in [0.717, 1.165) is 10.8 Å². The van der Waals surface area contributed by atoms with Crippen LogP contribution in [0.5, 0.6) is 5.75 Å². The highest BCUT2D eigenvalue weighted by molar-refractivity contribution is 8.09. The van der Waals surface area contributed by atoms with Gasteiger partial charge < -0.3 is 28.7 Å². The van der Waals surface area contributed by atoms with Crippen LogP contribution in [0, 0.1) is 5.41 Å². The van der Waals surface area contributed by atoms with Crippen molar-refractivity contribution in [1.82, 2.24) is 9.99 Å². The zero-order valence-electron chi connectivity index (χ0n) is 24.5. The third kappa shape index (κ3) is 7.47. The van der Waals surface area contributed by atoms with Crippen molar-refractivity contribution in [3.63, 3.8) is 0 Å². The quantitative estimate of drug-likeness (QED) is 0.264. The first-order valence-corrected chi connectivity index (χ1v) is 16.3. The molecule has 2 aromatic rings. The lowest BCUT2D eigenvalue weighted by Gasteiger charge is -2.35. The number of aliphatic hydroxyl groups excluding tert-OH is 1. The number of esters is 1. The molecule has 6 atom stereocenters. The Morgan fingerprint density at radius 1 is 1.29 bits per heavy atom. The summed E-state index contributed by atoms with van der Waals surface area (Å²) >= 11 is 5.88. The molecule has 2 unspecified atom stereocenters. The van der Waals surface area contributed by atoms with E-state index < -0.39 is 42.7 Å². The average molecular weight is 619 g/mol. The highest BCUT2D eigenvalue weighted by atomic mass is 32.5. The Hall–Kier alpha value is -2.63. The number of benzene rings is 2. The molecule has 0 aliphatic carbocycles. The maximum atomic E-state index is 12.8. The Balaban J connectivity index is 1.56. The predicted molar refractivity (Wildman–Crippen MR) is 163 cm³/mol. The van der Waals surface area contributed by atoms with E-state index in [1.807, 2.05) is 57.2 Å². The van der Waals surface area contributed by atoms with E-state index in [9.17, 15) is 19.8 Å². The normalized spacial score (nSPS) is 26.7. The van der Waals surface area contributed by atoms with E-state index >= 15 is 0 Å². The molecule has 42 heavy (non-hydrogen) atoms. The second-order valence-electron chi connectivity index (χ2n) is 12.0. The number of nitrogens with zero attached hydrogens (tertiary/aromatic N) is 1. The van der Waals surface area contributed by atoms with E-state index in [1.165, 1.54) is 18.0 Å². The number of amides is 1. The average Bonchev–Trinajstić information content (AvgIpc) is 3.14. The summed E-state index contributed by atoms with van der Waals surface area (Å²) < 4.78 is 23.9. The lowest BCUT2D eigenvalue weighted by molar-refractivity contribution is -0.156. The van der Waals surface area contributed by atoms with Gasteiger partial charge in [-0.1, -0.05) is 63.7 Å². The smallest absolute Gasteiger partial charge is 0.323 e. The van der Waals surface area contributed by atoms with Gasteiger partial charge in [0.25, 0.3) is 0 Å². The van der Waals surface area contributed by atoms with Crippen molar-refractivity contribution in [2.45, 2.75) is 71.1 Å². The SMILES string of the molecule is C=C1C=CN([C@@H]2O[C@H](COP(=S)(NC(C)C(=O)OCC(C)(C)C)Oc3cccc4ccccc34)[C@@H](O)[C@@]2(C)O)C(=O)C1. The minimum atomic E-state index is -3.51. The predicted octanol–water partition coefficient (Wildman–Crippen LogP) is 4.17. The zero-order chi connectivity index (χ0) is 30.9. The highest BCUT2D eigenvalue weighted by Crippen LogP contribution is 2.48. The number of hydrogen-bond acceptors (Lipinski definition) is 9. The van der Waals surface area contributed by atoms with E-state index in [-0.39, 0.29) is 31.0 Å². The van der Waals surface area contributed by atoms with Crippen LogP contribution in [0.3, 0.4) is 0 Å². The molecular weight excluding hydrogens is 579 g/mol. The summed E-state index contributed by atoms with van der Waals surface area (Å²) in [5, 5.41) is 26.9. The standard InChI is InChI=1S/C30H39N2O8PS/c1-19-14-15-32(25(33)16-19)28-30(6,36)26(34)24(39-28)17-38-41(42,31-20(2)27(35)37-18-29(3,4)5)40-23-13-9-11-21-10-7-8-12-22(21)23/h7-15,20,24,26,28,34,36H,1,16-18H2,2-6H3,(H,31,42)/t20?,24-,26-,28-,30-,41?/m1/s1. The second kappa shape index (κ2) is 12.5. The lowest BCUT2D eigenvalue weighted by Crippen LogP contribution is -2.53. The van der Waals surface area contributed by atoms with Crippen molar-refractivity contribution in [3.8, 4) is 5.75 Å². The van der Waals surface area contributed by atoms with Crippen LogP contribution in [0.1, 0.15) is 41.0 Å². The Morgan fingerprint density at radius 3 is 2.67 bits per heavy atom. The number of carbonyl (C=O) groups excluding carboxylic acids is 2. The molecule has 1 saturated heterocycles. The summed E-state index contributed by atoms with van der Waals surface area (Å²) in [6, 6.07) is 12.2. The number of hydrogen-bond donors (Lipinski definition) is 3. The number of allylic oxidation sites excluding steroid dienone is 1. The molecule has 3 N–H and O–H groups in total. The fraction of sp³-hybridized carbons (Fsp3) is 0.467. The minimum absolute atomic E-state index is 0.0660. The Kier molecular flexibility index (Phi) is 9.64. The molecule has 1 fully saturated rings. The van der Waals surface area contributed by atoms with Crippen LogP contribution in [0.2, 0.25) is 0 Å². The molecule has 2 aliphatic heterocycles. The lowest BCUT2D eigenvalue weighted by atomic mass is 9.95. The van der Waals surface area contributed by atoms with Gasteiger partial charge in [0, 0.05) is 11.6 Å². The van der Waals surface area contributed by atoms with Crippen molar-refractivity contribution in [1.29, 1.82) is 0 Å². The van der Waals surface area contributed by atoms with Crippen molar-refractivity contribution >= 4 is 41.1 Å². The summed E-state index contributed by atoms with van der Waals surface area (Å²) in [6.45, 7) is 9.04. The van der Waals surface area contributed by atoms with Gasteiger partial charge in [-0.05, 0) is 54.2 Å². The van der Waals surface area contributed by atoms with E-state index in [4.69, 9.17) is 30.3 Å². The third-order valence-corrected chi connectivity index (χ3v) is 9.36. The fourth-order valence-corrected chi connectivity index (χ4v) is 6.99. The summed E-state index contributed by atoms with van der Waals surface area (Å²) in [6.07, 6.45) is -0.475. The topological polar surface area (TPSA) is 127 Å². The van der Waals surface area contributed by atoms with Crippen molar-refractivity contribution in [2.24, 2.45) is 5.41 Å². The first kappa shape index (κ1) is 32.3. The summed E-state index contributed by atoms with van der Waals surface area (Å²) in [7, 11) is 0. The number of aliphatic hydroxyl groups is 2. The Labute approximate surface area is 251 Å². The maximum absolute atomic E-state index is 12.8. The molecule has 228 valence electrons. The molecular formula is C30H39N2O8PS. The number of nitrogens with one attached hydrogen (secondary N) is 1. The first-order valence-electron chi connectivity index (χ1n) is 13.7. The van der Waals surface area contributed by atoms with Gasteiger partial charge in [0.1, 0.15) is 29.6 Å². The number of fused-ring (bicyclic) bond motifs is 1. The molecule has 1 amide bonds.